The van der Waals surface area contributed by atoms with Crippen LogP contribution in [0.4, 0.5) is 0 Å². The average Bonchev–Trinajstić information content (AvgIpc) is 3.13. The zero-order chi connectivity index (χ0) is 15.4. The van der Waals surface area contributed by atoms with Crippen LogP contribution in [0.15, 0.2) is 24.3 Å². The highest BCUT2D eigenvalue weighted by molar-refractivity contribution is 6.30. The van der Waals surface area contributed by atoms with Crippen LogP contribution in [0.3, 0.4) is 0 Å². The van der Waals surface area contributed by atoms with Crippen LogP contribution in [0.5, 0.6) is 0 Å². The van der Waals surface area contributed by atoms with E-state index in [1.807, 2.05) is 38.1 Å². The molecule has 1 aliphatic rings. The van der Waals surface area contributed by atoms with Crippen molar-refractivity contribution in [2.45, 2.75) is 32.7 Å². The number of hydrogen-bond acceptors (Lipinski definition) is 2. The van der Waals surface area contributed by atoms with Gasteiger partial charge in [-0.05, 0) is 43.4 Å². The number of amides is 2. The lowest BCUT2D eigenvalue weighted by Crippen LogP contribution is -2.42. The molecule has 0 bridgehead atoms. The lowest BCUT2D eigenvalue weighted by atomic mass is 10.1. The number of nitrogens with one attached hydrogen (secondary N) is 2. The first-order chi connectivity index (χ1) is 9.95. The highest BCUT2D eigenvalue weighted by Crippen LogP contribution is 2.37. The van der Waals surface area contributed by atoms with Gasteiger partial charge in [0.05, 0.1) is 6.54 Å². The predicted molar refractivity (Wildman–Crippen MR) is 83.0 cm³/mol. The number of hydrogen-bond donors (Lipinski definition) is 2. The second-order valence-corrected chi connectivity index (χ2v) is 6.28. The van der Waals surface area contributed by atoms with Crippen LogP contribution in [0.25, 0.3) is 0 Å². The molecule has 3 atom stereocenters. The molecule has 0 unspecified atom stereocenters. The zero-order valence-corrected chi connectivity index (χ0v) is 13.1. The quantitative estimate of drug-likeness (QED) is 0.846. The van der Waals surface area contributed by atoms with Crippen molar-refractivity contribution in [3.05, 3.63) is 34.9 Å². The Kier molecular flexibility index (Phi) is 5.23. The molecule has 1 aromatic carbocycles. The molecule has 2 rings (SSSR count). The molecule has 1 saturated carbocycles. The van der Waals surface area contributed by atoms with Crippen molar-refractivity contribution >= 4 is 23.4 Å². The summed E-state index contributed by atoms with van der Waals surface area (Å²) in [6, 6.07) is 7.57. The molecular formula is C16H21ClN2O2. The van der Waals surface area contributed by atoms with Gasteiger partial charge in [0.15, 0.2) is 0 Å². The summed E-state index contributed by atoms with van der Waals surface area (Å²) in [4.78, 5) is 23.4. The van der Waals surface area contributed by atoms with Crippen molar-refractivity contribution in [1.29, 1.82) is 0 Å². The van der Waals surface area contributed by atoms with E-state index in [4.69, 9.17) is 11.6 Å². The van der Waals surface area contributed by atoms with E-state index in [9.17, 15) is 9.59 Å². The van der Waals surface area contributed by atoms with Crippen LogP contribution in [-0.4, -0.2) is 24.4 Å². The van der Waals surface area contributed by atoms with E-state index in [1.54, 1.807) is 0 Å². The molecule has 0 aromatic heterocycles. The normalized spacial score (nSPS) is 21.5. The summed E-state index contributed by atoms with van der Waals surface area (Å²) in [5.74, 6) is 0.378. The summed E-state index contributed by atoms with van der Waals surface area (Å²) in [6.45, 7) is 4.02. The van der Waals surface area contributed by atoms with Gasteiger partial charge in [-0.2, -0.15) is 0 Å². The van der Waals surface area contributed by atoms with Gasteiger partial charge < -0.3 is 10.6 Å². The number of carbonyl (C=O) groups is 2. The van der Waals surface area contributed by atoms with Gasteiger partial charge in [0.2, 0.25) is 11.8 Å². The summed E-state index contributed by atoms with van der Waals surface area (Å²) in [5.41, 5.74) is 1.08. The lowest BCUT2D eigenvalue weighted by molar-refractivity contribution is -0.127. The molecular weight excluding hydrogens is 288 g/mol. The maximum Gasteiger partial charge on any atom is 0.239 e. The van der Waals surface area contributed by atoms with Crippen molar-refractivity contribution < 1.29 is 9.59 Å². The van der Waals surface area contributed by atoms with Gasteiger partial charge in [-0.3, -0.25) is 9.59 Å². The SMILES string of the molecule is C[C@H](Cc1cccc(Cl)c1)NC(=O)CNC(=O)[C@H]1C[C@H]1C. The molecule has 1 aromatic rings. The van der Waals surface area contributed by atoms with E-state index in [0.29, 0.717) is 17.4 Å². The molecule has 0 saturated heterocycles. The summed E-state index contributed by atoms with van der Waals surface area (Å²) >= 11 is 5.93. The minimum atomic E-state index is -0.161. The number of rotatable bonds is 6. The Labute approximate surface area is 130 Å². The molecule has 1 fully saturated rings. The molecule has 114 valence electrons. The monoisotopic (exact) mass is 308 g/mol. The van der Waals surface area contributed by atoms with Crippen LogP contribution in [-0.2, 0) is 16.0 Å². The first-order valence-corrected chi connectivity index (χ1v) is 7.65. The lowest BCUT2D eigenvalue weighted by Gasteiger charge is -2.14. The summed E-state index contributed by atoms with van der Waals surface area (Å²) in [7, 11) is 0. The van der Waals surface area contributed by atoms with Crippen LogP contribution >= 0.6 is 11.6 Å². The Hall–Kier alpha value is -1.55. The van der Waals surface area contributed by atoms with Crippen LogP contribution in [0, 0.1) is 11.8 Å². The van der Waals surface area contributed by atoms with Crippen molar-refractivity contribution in [1.82, 2.24) is 10.6 Å². The average molecular weight is 309 g/mol. The fourth-order valence-corrected chi connectivity index (χ4v) is 2.59. The largest absolute Gasteiger partial charge is 0.352 e. The Balaban J connectivity index is 1.70. The van der Waals surface area contributed by atoms with Gasteiger partial charge in [0.1, 0.15) is 0 Å². The first kappa shape index (κ1) is 15.8. The second kappa shape index (κ2) is 6.94. The van der Waals surface area contributed by atoms with E-state index in [-0.39, 0.29) is 30.3 Å². The Morgan fingerprint density at radius 1 is 1.43 bits per heavy atom. The molecule has 5 heteroatoms. The van der Waals surface area contributed by atoms with E-state index >= 15 is 0 Å². The maximum atomic E-state index is 11.8. The molecule has 0 heterocycles. The minimum Gasteiger partial charge on any atom is -0.352 e. The summed E-state index contributed by atoms with van der Waals surface area (Å²) in [6.07, 6.45) is 1.64. The van der Waals surface area contributed by atoms with Gasteiger partial charge in [0, 0.05) is 17.0 Å². The van der Waals surface area contributed by atoms with Gasteiger partial charge >= 0.3 is 0 Å². The van der Waals surface area contributed by atoms with Gasteiger partial charge in [-0.1, -0.05) is 30.7 Å². The summed E-state index contributed by atoms with van der Waals surface area (Å²) in [5, 5.41) is 6.25. The highest BCUT2D eigenvalue weighted by Gasteiger charge is 2.38. The third kappa shape index (κ3) is 5.05. The van der Waals surface area contributed by atoms with Crippen molar-refractivity contribution in [3.63, 3.8) is 0 Å². The fourth-order valence-electron chi connectivity index (χ4n) is 2.38. The van der Waals surface area contributed by atoms with Crippen LogP contribution < -0.4 is 10.6 Å². The topological polar surface area (TPSA) is 58.2 Å². The highest BCUT2D eigenvalue weighted by atomic mass is 35.5. The Morgan fingerprint density at radius 2 is 2.14 bits per heavy atom. The van der Waals surface area contributed by atoms with E-state index in [1.165, 1.54) is 0 Å². The van der Waals surface area contributed by atoms with Gasteiger partial charge in [-0.15, -0.1) is 0 Å². The number of carbonyl (C=O) groups excluding carboxylic acids is 2. The first-order valence-electron chi connectivity index (χ1n) is 7.27. The van der Waals surface area contributed by atoms with Crippen LogP contribution in [0.1, 0.15) is 25.8 Å². The zero-order valence-electron chi connectivity index (χ0n) is 12.4. The van der Waals surface area contributed by atoms with E-state index in [2.05, 4.69) is 10.6 Å². The Morgan fingerprint density at radius 3 is 2.76 bits per heavy atom. The van der Waals surface area contributed by atoms with Crippen molar-refractivity contribution in [3.8, 4) is 0 Å². The molecule has 0 aliphatic heterocycles. The third-order valence-corrected chi connectivity index (χ3v) is 3.94. The standard InChI is InChI=1S/C16H21ClN2O2/c1-10-6-14(10)16(21)18-9-15(20)19-11(2)7-12-4-3-5-13(17)8-12/h3-5,8,10-11,14H,6-7,9H2,1-2H3,(H,18,21)(H,19,20)/t10-,11-,14+/m1/s1. The molecule has 0 radical (unpaired) electrons. The number of halogens is 1. The molecule has 0 spiro atoms. The third-order valence-electron chi connectivity index (χ3n) is 3.71. The Bertz CT molecular complexity index is 533. The fraction of sp³-hybridized carbons (Fsp3) is 0.500. The molecule has 2 N–H and O–H groups in total. The second-order valence-electron chi connectivity index (χ2n) is 5.84. The van der Waals surface area contributed by atoms with E-state index < -0.39 is 0 Å². The number of benzene rings is 1. The van der Waals surface area contributed by atoms with Crippen LogP contribution in [0.2, 0.25) is 5.02 Å². The van der Waals surface area contributed by atoms with Crippen molar-refractivity contribution in [2.75, 3.05) is 6.54 Å². The minimum absolute atomic E-state index is 0.00674. The van der Waals surface area contributed by atoms with Crippen molar-refractivity contribution in [2.24, 2.45) is 11.8 Å². The maximum absolute atomic E-state index is 11.8. The smallest absolute Gasteiger partial charge is 0.239 e. The predicted octanol–water partition coefficient (Wildman–Crippen LogP) is 2.16. The van der Waals surface area contributed by atoms with Gasteiger partial charge in [-0.25, -0.2) is 0 Å². The van der Waals surface area contributed by atoms with E-state index in [0.717, 1.165) is 12.0 Å². The summed E-state index contributed by atoms with van der Waals surface area (Å²) < 4.78 is 0. The molecule has 21 heavy (non-hydrogen) atoms. The van der Waals surface area contributed by atoms with Gasteiger partial charge in [0.25, 0.3) is 0 Å². The molecule has 2 amide bonds. The molecule has 4 nitrogen and oxygen atoms in total. The molecule has 1 aliphatic carbocycles.